The van der Waals surface area contributed by atoms with Crippen LogP contribution >= 0.6 is 0 Å². The van der Waals surface area contributed by atoms with Crippen molar-refractivity contribution in [1.29, 1.82) is 0 Å². The molecule has 3 rings (SSSR count). The highest BCUT2D eigenvalue weighted by Gasteiger charge is 2.75. The number of methoxy groups -OCH3 is 1. The lowest BCUT2D eigenvalue weighted by Crippen LogP contribution is -2.61. The van der Waals surface area contributed by atoms with Crippen molar-refractivity contribution in [3.05, 3.63) is 0 Å². The molecule has 1 spiro atoms. The van der Waals surface area contributed by atoms with Crippen LogP contribution < -0.4 is 0 Å². The highest BCUT2D eigenvalue weighted by molar-refractivity contribution is 5.95. The van der Waals surface area contributed by atoms with E-state index < -0.39 is 40.8 Å². The van der Waals surface area contributed by atoms with Gasteiger partial charge in [0, 0.05) is 19.8 Å². The summed E-state index contributed by atoms with van der Waals surface area (Å²) in [6.45, 7) is 3.49. The highest BCUT2D eigenvalue weighted by Crippen LogP contribution is 2.57. The lowest BCUT2D eigenvalue weighted by molar-refractivity contribution is -0.229. The van der Waals surface area contributed by atoms with E-state index in [2.05, 4.69) is 0 Å². The molecule has 0 aromatic rings. The van der Waals surface area contributed by atoms with E-state index in [1.807, 2.05) is 0 Å². The Morgan fingerprint density at radius 2 is 1.87 bits per heavy atom. The molecule has 128 valence electrons. The molecule has 0 amide bonds. The van der Waals surface area contributed by atoms with Gasteiger partial charge in [-0.1, -0.05) is 0 Å². The van der Waals surface area contributed by atoms with Gasteiger partial charge in [-0.2, -0.15) is 0 Å². The van der Waals surface area contributed by atoms with E-state index in [-0.39, 0.29) is 12.8 Å². The number of ether oxygens (including phenoxy) is 5. The maximum absolute atomic E-state index is 12.6. The Bertz CT molecular complexity index is 552. The predicted molar refractivity (Wildman–Crippen MR) is 73.0 cm³/mol. The highest BCUT2D eigenvalue weighted by atomic mass is 16.7. The molecular formula is C15H20O8. The van der Waals surface area contributed by atoms with Crippen LogP contribution in [0.2, 0.25) is 0 Å². The number of rotatable bonds is 2. The standard InChI is InChI=1S/C15H20O8/c1-9(16)23-13(2)11(17)22-10-8-14(20-6-7-21-14)4-5-15(10,13)12(18)19-3/h10H,4-8H2,1-3H3. The molecule has 8 nitrogen and oxygen atoms in total. The second kappa shape index (κ2) is 5.17. The zero-order chi connectivity index (χ0) is 16.9. The molecule has 0 bridgehead atoms. The Morgan fingerprint density at radius 1 is 1.22 bits per heavy atom. The SMILES string of the molecule is COC(=O)C12CCC3(CC1OC(=O)C2(C)OC(C)=O)OCCO3. The molecule has 3 aliphatic rings. The van der Waals surface area contributed by atoms with Gasteiger partial charge in [0.1, 0.15) is 6.10 Å². The molecule has 8 heteroatoms. The van der Waals surface area contributed by atoms with Crippen molar-refractivity contribution >= 4 is 17.9 Å². The Kier molecular flexibility index (Phi) is 3.64. The average molecular weight is 328 g/mol. The minimum Gasteiger partial charge on any atom is -0.468 e. The van der Waals surface area contributed by atoms with Crippen molar-refractivity contribution in [1.82, 2.24) is 0 Å². The first-order valence-electron chi connectivity index (χ1n) is 7.57. The molecule has 1 aliphatic carbocycles. The molecule has 2 heterocycles. The van der Waals surface area contributed by atoms with Gasteiger partial charge in [-0.15, -0.1) is 0 Å². The zero-order valence-corrected chi connectivity index (χ0v) is 13.4. The van der Waals surface area contributed by atoms with E-state index in [1.165, 1.54) is 21.0 Å². The Balaban J connectivity index is 2.02. The van der Waals surface area contributed by atoms with Gasteiger partial charge in [-0.25, -0.2) is 4.79 Å². The molecule has 0 aromatic carbocycles. The van der Waals surface area contributed by atoms with Gasteiger partial charge in [-0.3, -0.25) is 9.59 Å². The summed E-state index contributed by atoms with van der Waals surface area (Å²) in [5, 5.41) is 0. The van der Waals surface area contributed by atoms with Crippen LogP contribution in [-0.2, 0) is 38.1 Å². The predicted octanol–water partition coefficient (Wildman–Crippen LogP) is 0.320. The maximum Gasteiger partial charge on any atom is 0.352 e. The van der Waals surface area contributed by atoms with Gasteiger partial charge in [0.2, 0.25) is 5.60 Å². The molecule has 0 radical (unpaired) electrons. The number of fused-ring (bicyclic) bond motifs is 1. The van der Waals surface area contributed by atoms with Crippen LogP contribution in [-0.4, -0.2) is 55.7 Å². The molecule has 2 saturated heterocycles. The number of carbonyl (C=O) groups excluding carboxylic acids is 3. The fraction of sp³-hybridized carbons (Fsp3) is 0.800. The van der Waals surface area contributed by atoms with Crippen molar-refractivity contribution in [3.63, 3.8) is 0 Å². The summed E-state index contributed by atoms with van der Waals surface area (Å²) in [5.41, 5.74) is -3.12. The van der Waals surface area contributed by atoms with E-state index in [0.29, 0.717) is 19.6 Å². The van der Waals surface area contributed by atoms with Crippen molar-refractivity contribution in [2.45, 2.75) is 50.6 Å². The van der Waals surface area contributed by atoms with E-state index in [0.717, 1.165) is 0 Å². The normalized spacial score (nSPS) is 38.0. The van der Waals surface area contributed by atoms with Crippen LogP contribution in [0.25, 0.3) is 0 Å². The summed E-state index contributed by atoms with van der Waals surface area (Å²) in [4.78, 5) is 36.5. The summed E-state index contributed by atoms with van der Waals surface area (Å²) in [5.74, 6) is -2.91. The number of carbonyl (C=O) groups is 3. The third-order valence-electron chi connectivity index (χ3n) is 5.15. The van der Waals surface area contributed by atoms with Gasteiger partial charge in [0.05, 0.1) is 20.3 Å². The van der Waals surface area contributed by atoms with Crippen LogP contribution in [0.3, 0.4) is 0 Å². The number of hydrogen-bond donors (Lipinski definition) is 0. The molecule has 3 unspecified atom stereocenters. The van der Waals surface area contributed by atoms with Crippen molar-refractivity contribution in [2.24, 2.45) is 5.41 Å². The minimum atomic E-state index is -1.73. The van der Waals surface area contributed by atoms with Crippen molar-refractivity contribution < 1.29 is 38.1 Å². The second-order valence-corrected chi connectivity index (χ2v) is 6.30. The quantitative estimate of drug-likeness (QED) is 0.528. The summed E-state index contributed by atoms with van der Waals surface area (Å²) in [7, 11) is 1.23. The summed E-state index contributed by atoms with van der Waals surface area (Å²) >= 11 is 0. The first-order valence-corrected chi connectivity index (χ1v) is 7.57. The van der Waals surface area contributed by atoms with E-state index in [4.69, 9.17) is 23.7 Å². The van der Waals surface area contributed by atoms with Gasteiger partial charge in [0.15, 0.2) is 11.2 Å². The van der Waals surface area contributed by atoms with Crippen LogP contribution in [0.1, 0.15) is 33.1 Å². The van der Waals surface area contributed by atoms with E-state index in [1.54, 1.807) is 0 Å². The molecular weight excluding hydrogens is 308 g/mol. The first-order chi connectivity index (χ1) is 10.8. The molecule has 0 aromatic heterocycles. The molecule has 2 aliphatic heterocycles. The summed E-state index contributed by atoms with van der Waals surface area (Å²) in [6.07, 6.45) is -0.0601. The van der Waals surface area contributed by atoms with Gasteiger partial charge in [0.25, 0.3) is 0 Å². The van der Waals surface area contributed by atoms with Crippen LogP contribution in [0.15, 0.2) is 0 Å². The first kappa shape index (κ1) is 16.2. The average Bonchev–Trinajstić information content (AvgIpc) is 3.01. The third kappa shape index (κ3) is 2.08. The third-order valence-corrected chi connectivity index (χ3v) is 5.15. The number of esters is 3. The maximum atomic E-state index is 12.6. The van der Waals surface area contributed by atoms with Crippen LogP contribution in [0, 0.1) is 5.41 Å². The Labute approximate surface area is 133 Å². The van der Waals surface area contributed by atoms with Crippen molar-refractivity contribution in [2.75, 3.05) is 20.3 Å². The lowest BCUT2D eigenvalue weighted by Gasteiger charge is -2.46. The van der Waals surface area contributed by atoms with E-state index >= 15 is 0 Å². The van der Waals surface area contributed by atoms with E-state index in [9.17, 15) is 14.4 Å². The van der Waals surface area contributed by atoms with Gasteiger partial charge < -0.3 is 23.7 Å². The van der Waals surface area contributed by atoms with Gasteiger partial charge >= 0.3 is 17.9 Å². The molecule has 3 atom stereocenters. The van der Waals surface area contributed by atoms with Crippen molar-refractivity contribution in [3.8, 4) is 0 Å². The monoisotopic (exact) mass is 328 g/mol. The van der Waals surface area contributed by atoms with Gasteiger partial charge in [-0.05, 0) is 13.3 Å². The molecule has 0 N–H and O–H groups in total. The zero-order valence-electron chi connectivity index (χ0n) is 13.4. The second-order valence-electron chi connectivity index (χ2n) is 6.30. The Hall–Kier alpha value is -1.67. The topological polar surface area (TPSA) is 97.4 Å². The summed E-state index contributed by atoms with van der Waals surface area (Å²) in [6, 6.07) is 0. The molecule has 3 fully saturated rings. The smallest absolute Gasteiger partial charge is 0.352 e. The molecule has 23 heavy (non-hydrogen) atoms. The fourth-order valence-corrected chi connectivity index (χ4v) is 4.01. The fourth-order valence-electron chi connectivity index (χ4n) is 4.01. The number of hydrogen-bond acceptors (Lipinski definition) is 8. The lowest BCUT2D eigenvalue weighted by atomic mass is 9.62. The largest absolute Gasteiger partial charge is 0.468 e. The molecule has 1 saturated carbocycles. The summed E-state index contributed by atoms with van der Waals surface area (Å²) < 4.78 is 26.9. The van der Waals surface area contributed by atoms with Crippen LogP contribution in [0.5, 0.6) is 0 Å². The van der Waals surface area contributed by atoms with Crippen LogP contribution in [0.4, 0.5) is 0 Å². The minimum absolute atomic E-state index is 0.194. The Morgan fingerprint density at radius 3 is 2.43 bits per heavy atom.